The molecule has 2 rings (SSSR count). The molecule has 11 heteroatoms. The van der Waals surface area contributed by atoms with E-state index in [0.717, 1.165) is 18.7 Å². The number of guanidine groups is 1. The summed E-state index contributed by atoms with van der Waals surface area (Å²) in [5.41, 5.74) is 1.03. The molecule has 1 atom stereocenters. The maximum atomic E-state index is 13.3. The van der Waals surface area contributed by atoms with E-state index in [4.69, 9.17) is 4.74 Å². The zero-order valence-corrected chi connectivity index (χ0v) is 20.7. The van der Waals surface area contributed by atoms with Crippen LogP contribution in [0, 0.1) is 5.82 Å². The number of morpholine rings is 1. The lowest BCUT2D eigenvalue weighted by Gasteiger charge is -2.35. The van der Waals surface area contributed by atoms with Gasteiger partial charge in [0.1, 0.15) is 5.82 Å². The summed E-state index contributed by atoms with van der Waals surface area (Å²) >= 11 is 0. The quantitative estimate of drug-likeness (QED) is 0.174. The van der Waals surface area contributed by atoms with Crippen LogP contribution in [0.4, 0.5) is 4.39 Å². The van der Waals surface area contributed by atoms with Crippen LogP contribution in [0.15, 0.2) is 29.3 Å². The Morgan fingerprint density at radius 1 is 1.20 bits per heavy atom. The van der Waals surface area contributed by atoms with Gasteiger partial charge in [0.05, 0.1) is 25.0 Å². The number of nitrogens with zero attached hydrogens (tertiary/aromatic N) is 2. The Morgan fingerprint density at radius 2 is 1.87 bits per heavy atom. The molecular weight excluding hydrogens is 524 g/mol. The summed E-state index contributed by atoms with van der Waals surface area (Å²) in [7, 11) is -1.47. The average Bonchev–Trinajstić information content (AvgIpc) is 2.74. The van der Waals surface area contributed by atoms with Gasteiger partial charge in [-0.15, -0.1) is 24.0 Å². The van der Waals surface area contributed by atoms with Crippen molar-refractivity contribution in [2.24, 2.45) is 4.99 Å². The number of aliphatic imine (C=N–C) groups is 1. The molecule has 0 aliphatic carbocycles. The summed E-state index contributed by atoms with van der Waals surface area (Å²) in [6.07, 6.45) is 0.644. The zero-order valence-electron chi connectivity index (χ0n) is 17.6. The molecule has 30 heavy (non-hydrogen) atoms. The first-order valence-corrected chi connectivity index (χ1v) is 11.6. The summed E-state index contributed by atoms with van der Waals surface area (Å²) < 4.78 is 44.2. The molecule has 1 aromatic rings. The monoisotopic (exact) mass is 557 g/mol. The standard InChI is InChI=1S/C19H32FN5O3S.HI/c1-3-29(26,27)24-10-4-9-22-19(21-2)23-15-18(25-11-13-28-14-12-25)16-5-7-17(20)8-6-16;/h5-8,18,24H,3-4,9-15H2,1-2H3,(H2,21,22,23);1H. The Morgan fingerprint density at radius 3 is 2.47 bits per heavy atom. The number of hydrogen-bond donors (Lipinski definition) is 3. The number of halogens is 2. The van der Waals surface area contributed by atoms with Crippen molar-refractivity contribution < 1.29 is 17.5 Å². The fourth-order valence-electron chi connectivity index (χ4n) is 3.07. The van der Waals surface area contributed by atoms with Crippen molar-refractivity contribution in [3.63, 3.8) is 0 Å². The molecule has 0 aromatic heterocycles. The molecule has 1 heterocycles. The molecule has 1 aliphatic rings. The molecule has 172 valence electrons. The molecule has 0 bridgehead atoms. The number of benzene rings is 1. The molecule has 3 N–H and O–H groups in total. The summed E-state index contributed by atoms with van der Waals surface area (Å²) in [5.74, 6) is 0.470. The van der Waals surface area contributed by atoms with Gasteiger partial charge < -0.3 is 15.4 Å². The van der Waals surface area contributed by atoms with Crippen molar-refractivity contribution in [2.75, 3.05) is 58.7 Å². The van der Waals surface area contributed by atoms with Gasteiger partial charge in [0.25, 0.3) is 0 Å². The number of hydrogen-bond acceptors (Lipinski definition) is 5. The first-order chi connectivity index (χ1) is 13.9. The van der Waals surface area contributed by atoms with E-state index in [1.54, 1.807) is 14.0 Å². The Labute approximate surface area is 196 Å². The van der Waals surface area contributed by atoms with Crippen LogP contribution in [0.2, 0.25) is 0 Å². The van der Waals surface area contributed by atoms with Crippen LogP contribution in [-0.4, -0.2) is 78.0 Å². The SMILES string of the molecule is CCS(=O)(=O)NCCCNC(=NC)NCC(c1ccc(F)cc1)N1CCOCC1.I. The maximum absolute atomic E-state index is 13.3. The Kier molecular flexibility index (Phi) is 12.7. The van der Waals surface area contributed by atoms with Gasteiger partial charge in [-0.05, 0) is 31.0 Å². The smallest absolute Gasteiger partial charge is 0.211 e. The normalized spacial score (nSPS) is 16.6. The minimum Gasteiger partial charge on any atom is -0.379 e. The van der Waals surface area contributed by atoms with E-state index in [2.05, 4.69) is 25.2 Å². The maximum Gasteiger partial charge on any atom is 0.211 e. The molecule has 1 unspecified atom stereocenters. The van der Waals surface area contributed by atoms with E-state index < -0.39 is 10.0 Å². The third-order valence-corrected chi connectivity index (χ3v) is 6.18. The van der Waals surface area contributed by atoms with Gasteiger partial charge in [-0.1, -0.05) is 12.1 Å². The highest BCUT2D eigenvalue weighted by molar-refractivity contribution is 14.0. The van der Waals surface area contributed by atoms with Crippen LogP contribution in [0.3, 0.4) is 0 Å². The lowest BCUT2D eigenvalue weighted by molar-refractivity contribution is 0.0170. The van der Waals surface area contributed by atoms with Gasteiger partial charge in [-0.25, -0.2) is 17.5 Å². The van der Waals surface area contributed by atoms with Crippen molar-refractivity contribution in [2.45, 2.75) is 19.4 Å². The van der Waals surface area contributed by atoms with E-state index in [9.17, 15) is 12.8 Å². The number of sulfonamides is 1. The van der Waals surface area contributed by atoms with Gasteiger partial charge in [0, 0.05) is 39.8 Å². The lowest BCUT2D eigenvalue weighted by Crippen LogP contribution is -2.46. The molecule has 1 aromatic carbocycles. The van der Waals surface area contributed by atoms with Gasteiger partial charge in [0.15, 0.2) is 5.96 Å². The van der Waals surface area contributed by atoms with Crippen molar-refractivity contribution in [3.8, 4) is 0 Å². The molecule has 8 nitrogen and oxygen atoms in total. The molecule has 1 aliphatic heterocycles. The first kappa shape index (κ1) is 27.0. The Balaban J connectivity index is 0.00000450. The molecule has 0 radical (unpaired) electrons. The average molecular weight is 557 g/mol. The number of nitrogens with one attached hydrogen (secondary N) is 3. The molecular formula is C19H33FIN5O3S. The van der Waals surface area contributed by atoms with E-state index in [-0.39, 0.29) is 41.6 Å². The second kappa shape index (κ2) is 14.1. The van der Waals surface area contributed by atoms with E-state index >= 15 is 0 Å². The molecule has 0 amide bonds. The molecule has 1 fully saturated rings. The highest BCUT2D eigenvalue weighted by Gasteiger charge is 2.23. The largest absolute Gasteiger partial charge is 0.379 e. The van der Waals surface area contributed by atoms with Crippen LogP contribution in [-0.2, 0) is 14.8 Å². The van der Waals surface area contributed by atoms with Crippen molar-refractivity contribution >= 4 is 40.0 Å². The third kappa shape index (κ3) is 9.41. The molecule has 0 spiro atoms. The van der Waals surface area contributed by atoms with Crippen molar-refractivity contribution in [3.05, 3.63) is 35.6 Å². The van der Waals surface area contributed by atoms with Crippen LogP contribution >= 0.6 is 24.0 Å². The van der Waals surface area contributed by atoms with Gasteiger partial charge >= 0.3 is 0 Å². The second-order valence-electron chi connectivity index (χ2n) is 6.75. The molecule has 0 saturated carbocycles. The minimum absolute atomic E-state index is 0. The van der Waals surface area contributed by atoms with Crippen molar-refractivity contribution in [1.29, 1.82) is 0 Å². The summed E-state index contributed by atoms with van der Waals surface area (Å²) in [5, 5.41) is 6.52. The fourth-order valence-corrected chi connectivity index (χ4v) is 3.73. The summed E-state index contributed by atoms with van der Waals surface area (Å²) in [4.78, 5) is 6.54. The highest BCUT2D eigenvalue weighted by atomic mass is 127. The second-order valence-corrected chi connectivity index (χ2v) is 8.84. The number of rotatable bonds is 10. The topological polar surface area (TPSA) is 95.1 Å². The first-order valence-electron chi connectivity index (χ1n) is 9.94. The van der Waals surface area contributed by atoms with Crippen LogP contribution < -0.4 is 15.4 Å². The predicted octanol–water partition coefficient (Wildman–Crippen LogP) is 1.31. The van der Waals surface area contributed by atoms with Crippen molar-refractivity contribution in [1.82, 2.24) is 20.3 Å². The fraction of sp³-hybridized carbons (Fsp3) is 0.632. The van der Waals surface area contributed by atoms with Gasteiger partial charge in [0.2, 0.25) is 10.0 Å². The molecule has 1 saturated heterocycles. The van der Waals surface area contributed by atoms with E-state index in [0.29, 0.717) is 45.2 Å². The third-order valence-electron chi connectivity index (χ3n) is 4.78. The van der Waals surface area contributed by atoms with Gasteiger partial charge in [-0.2, -0.15) is 0 Å². The Bertz CT molecular complexity index is 743. The van der Waals surface area contributed by atoms with Crippen LogP contribution in [0.25, 0.3) is 0 Å². The lowest BCUT2D eigenvalue weighted by atomic mass is 10.0. The summed E-state index contributed by atoms with van der Waals surface area (Å²) in [6, 6.07) is 6.65. The van der Waals surface area contributed by atoms with E-state index in [1.165, 1.54) is 12.1 Å². The van der Waals surface area contributed by atoms with Crippen LogP contribution in [0.1, 0.15) is 24.9 Å². The zero-order chi connectivity index (χ0) is 21.1. The van der Waals surface area contributed by atoms with Crippen LogP contribution in [0.5, 0.6) is 0 Å². The summed E-state index contributed by atoms with van der Waals surface area (Å²) in [6.45, 7) is 6.17. The van der Waals surface area contributed by atoms with Gasteiger partial charge in [-0.3, -0.25) is 9.89 Å². The minimum atomic E-state index is -3.16. The highest BCUT2D eigenvalue weighted by Crippen LogP contribution is 2.21. The predicted molar refractivity (Wildman–Crippen MR) is 128 cm³/mol. The van der Waals surface area contributed by atoms with E-state index in [1.807, 2.05) is 12.1 Å². The Hall–Kier alpha value is -1.02. The number of ether oxygens (including phenoxy) is 1.